The highest BCUT2D eigenvalue weighted by Crippen LogP contribution is 2.23. The van der Waals surface area contributed by atoms with E-state index < -0.39 is 0 Å². The van der Waals surface area contributed by atoms with Crippen molar-refractivity contribution in [2.24, 2.45) is 0 Å². The minimum atomic E-state index is 1.06. The number of aryl methyl sites for hydroxylation is 2. The Morgan fingerprint density at radius 1 is 1.05 bits per heavy atom. The zero-order valence-corrected chi connectivity index (χ0v) is 13.5. The monoisotopic (exact) mass is 280 g/mol. The highest BCUT2D eigenvalue weighted by Gasteiger charge is 2.04. The molecule has 1 aromatic carbocycles. The molecule has 0 radical (unpaired) electrons. The van der Waals surface area contributed by atoms with Crippen LogP contribution in [0.2, 0.25) is 0 Å². The molecule has 0 amide bonds. The highest BCUT2D eigenvalue weighted by atomic mass is 32.2. The summed E-state index contributed by atoms with van der Waals surface area (Å²) in [6, 6.07) is 6.70. The van der Waals surface area contributed by atoms with Crippen LogP contribution in [0.3, 0.4) is 0 Å². The maximum Gasteiger partial charge on any atom is 0.122 e. The molecule has 1 aromatic rings. The van der Waals surface area contributed by atoms with Gasteiger partial charge >= 0.3 is 0 Å². The number of hydrogen-bond donors (Lipinski definition) is 0. The number of hydrogen-bond acceptors (Lipinski definition) is 2. The van der Waals surface area contributed by atoms with Gasteiger partial charge in [-0.25, -0.2) is 0 Å². The van der Waals surface area contributed by atoms with Crippen molar-refractivity contribution < 1.29 is 4.74 Å². The Hall–Kier alpha value is -0.630. The number of methoxy groups -OCH3 is 1. The molecule has 0 unspecified atom stereocenters. The molecule has 0 spiro atoms. The van der Waals surface area contributed by atoms with Crippen LogP contribution in [0.5, 0.6) is 5.75 Å². The first-order valence-corrected chi connectivity index (χ1v) is 8.70. The zero-order valence-electron chi connectivity index (χ0n) is 12.7. The van der Waals surface area contributed by atoms with E-state index in [-0.39, 0.29) is 0 Å². The molecule has 0 saturated heterocycles. The summed E-state index contributed by atoms with van der Waals surface area (Å²) >= 11 is 2.04. The largest absolute Gasteiger partial charge is 0.496 e. The average Bonchev–Trinajstić information content (AvgIpc) is 2.45. The van der Waals surface area contributed by atoms with E-state index in [1.165, 1.54) is 54.7 Å². The Balaban J connectivity index is 2.52. The number of thioether (sulfide) groups is 1. The maximum atomic E-state index is 5.48. The molecular weight excluding hydrogens is 252 g/mol. The number of benzene rings is 1. The minimum Gasteiger partial charge on any atom is -0.496 e. The molecule has 0 saturated carbocycles. The Bertz CT molecular complexity index is 349. The number of rotatable bonds is 10. The lowest BCUT2D eigenvalue weighted by atomic mass is 10.0. The molecule has 2 heteroatoms. The molecule has 0 aliphatic heterocycles. The predicted octanol–water partition coefficient (Wildman–Crippen LogP) is 5.11. The second-order valence-electron chi connectivity index (χ2n) is 4.90. The fourth-order valence-corrected chi connectivity index (χ4v) is 2.92. The van der Waals surface area contributed by atoms with Crippen molar-refractivity contribution in [3.05, 3.63) is 29.3 Å². The van der Waals surface area contributed by atoms with Crippen molar-refractivity contribution in [3.8, 4) is 5.75 Å². The smallest absolute Gasteiger partial charge is 0.122 e. The van der Waals surface area contributed by atoms with Gasteiger partial charge < -0.3 is 4.74 Å². The van der Waals surface area contributed by atoms with E-state index in [1.807, 2.05) is 11.8 Å². The van der Waals surface area contributed by atoms with Crippen molar-refractivity contribution in [2.45, 2.75) is 52.4 Å². The molecule has 108 valence electrons. The van der Waals surface area contributed by atoms with E-state index in [0.29, 0.717) is 0 Å². The van der Waals surface area contributed by atoms with Crippen LogP contribution in [-0.2, 0) is 12.8 Å². The van der Waals surface area contributed by atoms with Crippen LogP contribution in [0.4, 0.5) is 0 Å². The first-order valence-electron chi connectivity index (χ1n) is 7.55. The van der Waals surface area contributed by atoms with Gasteiger partial charge in [0.25, 0.3) is 0 Å². The van der Waals surface area contributed by atoms with Crippen LogP contribution in [0.15, 0.2) is 18.2 Å². The molecule has 0 fully saturated rings. The fraction of sp³-hybridized carbons (Fsp3) is 0.647. The lowest BCUT2D eigenvalue weighted by Gasteiger charge is -2.11. The summed E-state index contributed by atoms with van der Waals surface area (Å²) in [4.78, 5) is 0. The van der Waals surface area contributed by atoms with E-state index in [2.05, 4.69) is 32.0 Å². The van der Waals surface area contributed by atoms with Gasteiger partial charge in [-0.3, -0.25) is 0 Å². The van der Waals surface area contributed by atoms with Gasteiger partial charge in [-0.2, -0.15) is 11.8 Å². The molecule has 1 nitrogen and oxygen atoms in total. The quantitative estimate of drug-likeness (QED) is 0.551. The molecule has 1 rings (SSSR count). The molecule has 0 atom stereocenters. The SMILES string of the molecule is CCCCc1ccc(OC)c(CCCCSCC)c1. The second-order valence-corrected chi connectivity index (χ2v) is 6.30. The predicted molar refractivity (Wildman–Crippen MR) is 87.5 cm³/mol. The molecular formula is C17H28OS. The van der Waals surface area contributed by atoms with Crippen LogP contribution in [0.1, 0.15) is 50.7 Å². The standard InChI is InChI=1S/C17H28OS/c1-4-6-9-15-11-12-17(18-3)16(14-15)10-7-8-13-19-5-2/h11-12,14H,4-10,13H2,1-3H3. The summed E-state index contributed by atoms with van der Waals surface area (Å²) in [5.74, 6) is 3.58. The second kappa shape index (κ2) is 10.2. The Kier molecular flexibility index (Phi) is 8.81. The van der Waals surface area contributed by atoms with Gasteiger partial charge in [0.05, 0.1) is 7.11 Å². The van der Waals surface area contributed by atoms with Crippen LogP contribution >= 0.6 is 11.8 Å². The lowest BCUT2D eigenvalue weighted by molar-refractivity contribution is 0.409. The van der Waals surface area contributed by atoms with Gasteiger partial charge in [-0.15, -0.1) is 0 Å². The van der Waals surface area contributed by atoms with Gasteiger partial charge in [0.15, 0.2) is 0 Å². The van der Waals surface area contributed by atoms with E-state index in [9.17, 15) is 0 Å². The summed E-state index contributed by atoms with van der Waals surface area (Å²) in [7, 11) is 1.78. The van der Waals surface area contributed by atoms with E-state index >= 15 is 0 Å². The number of ether oxygens (including phenoxy) is 1. The summed E-state index contributed by atoms with van der Waals surface area (Å²) in [6.45, 7) is 4.47. The normalized spacial score (nSPS) is 10.7. The highest BCUT2D eigenvalue weighted by molar-refractivity contribution is 7.99. The molecule has 0 aromatic heterocycles. The third-order valence-corrected chi connectivity index (χ3v) is 4.34. The van der Waals surface area contributed by atoms with Crippen molar-refractivity contribution in [1.82, 2.24) is 0 Å². The third kappa shape index (κ3) is 6.38. The lowest BCUT2D eigenvalue weighted by Crippen LogP contribution is -1.96. The van der Waals surface area contributed by atoms with Gasteiger partial charge in [-0.05, 0) is 60.8 Å². The van der Waals surface area contributed by atoms with Crippen LogP contribution < -0.4 is 4.74 Å². The van der Waals surface area contributed by atoms with Gasteiger partial charge in [0.2, 0.25) is 0 Å². The van der Waals surface area contributed by atoms with Gasteiger partial charge in [-0.1, -0.05) is 32.4 Å². The number of unbranched alkanes of at least 4 members (excludes halogenated alkanes) is 2. The zero-order chi connectivity index (χ0) is 13.9. The van der Waals surface area contributed by atoms with E-state index in [1.54, 1.807) is 7.11 Å². The molecule has 0 aliphatic rings. The molecule has 0 N–H and O–H groups in total. The molecule has 0 bridgehead atoms. The maximum absolute atomic E-state index is 5.48. The van der Waals surface area contributed by atoms with Crippen LogP contribution in [-0.4, -0.2) is 18.6 Å². The molecule has 0 aliphatic carbocycles. The first-order chi connectivity index (χ1) is 9.31. The molecule has 0 heterocycles. The Morgan fingerprint density at radius 2 is 1.89 bits per heavy atom. The van der Waals surface area contributed by atoms with Crippen molar-refractivity contribution >= 4 is 11.8 Å². The Morgan fingerprint density at radius 3 is 2.58 bits per heavy atom. The van der Waals surface area contributed by atoms with Gasteiger partial charge in [0.1, 0.15) is 5.75 Å². The summed E-state index contributed by atoms with van der Waals surface area (Å²) in [5, 5.41) is 0. The van der Waals surface area contributed by atoms with Gasteiger partial charge in [0, 0.05) is 0 Å². The van der Waals surface area contributed by atoms with E-state index in [0.717, 1.165) is 12.2 Å². The minimum absolute atomic E-state index is 1.06. The van der Waals surface area contributed by atoms with Crippen molar-refractivity contribution in [3.63, 3.8) is 0 Å². The molecule has 19 heavy (non-hydrogen) atoms. The fourth-order valence-electron chi connectivity index (χ4n) is 2.23. The average molecular weight is 280 g/mol. The summed E-state index contributed by atoms with van der Waals surface area (Å²) < 4.78 is 5.48. The van der Waals surface area contributed by atoms with Crippen molar-refractivity contribution in [2.75, 3.05) is 18.6 Å². The van der Waals surface area contributed by atoms with Crippen molar-refractivity contribution in [1.29, 1.82) is 0 Å². The summed E-state index contributed by atoms with van der Waals surface area (Å²) in [5.41, 5.74) is 2.85. The van der Waals surface area contributed by atoms with E-state index in [4.69, 9.17) is 4.74 Å². The van der Waals surface area contributed by atoms with Crippen LogP contribution in [0.25, 0.3) is 0 Å². The van der Waals surface area contributed by atoms with Crippen LogP contribution in [0, 0.1) is 0 Å². The summed E-state index contributed by atoms with van der Waals surface area (Å²) in [6.07, 6.45) is 7.45. The first kappa shape index (κ1) is 16.4. The Labute approximate surface area is 123 Å². The third-order valence-electron chi connectivity index (χ3n) is 3.35. The topological polar surface area (TPSA) is 9.23 Å².